The molecule has 0 aromatic rings. The van der Waals surface area contributed by atoms with Crippen molar-refractivity contribution in [3.63, 3.8) is 0 Å². The van der Waals surface area contributed by atoms with E-state index in [0.717, 1.165) is 12.8 Å². The number of carbonyl (C=O) groups excluding carboxylic acids is 1. The van der Waals surface area contributed by atoms with Crippen molar-refractivity contribution < 1.29 is 132 Å². The molecule has 0 spiro atoms. The molecule has 0 aromatic carbocycles. The first-order valence-corrected chi connectivity index (χ1v) is 13.4. The third kappa shape index (κ3) is 44.8. The van der Waals surface area contributed by atoms with Crippen molar-refractivity contribution in [2.75, 3.05) is 39.4 Å². The molecule has 0 rings (SSSR count). The van der Waals surface area contributed by atoms with Crippen LogP contribution in [0.15, 0.2) is 0 Å². The average Bonchev–Trinajstić information content (AvgIpc) is 2.65. The van der Waals surface area contributed by atoms with Crippen LogP contribution in [-0.4, -0.2) is 67.9 Å². The third-order valence-corrected chi connectivity index (χ3v) is 5.28. The van der Waals surface area contributed by atoms with Crippen molar-refractivity contribution in [1.82, 2.24) is 0 Å². The monoisotopic (exact) mass is 804 g/mol. The summed E-state index contributed by atoms with van der Waals surface area (Å²) in [5.41, 5.74) is 0.334. The van der Waals surface area contributed by atoms with Gasteiger partial charge in [0.1, 0.15) is 0 Å². The number of hydrogen-bond donors (Lipinski definition) is 2. The van der Waals surface area contributed by atoms with Gasteiger partial charge in [-0.25, -0.2) is 0 Å². The SMILES string of the molecule is C.COCC(CC(C)(C)C)C(=O)O.COCC([C-]=O)CC(C)(C)C.CSCC(CC(C)(C)C)C(=O)O.[Y].[Y].[Y]. The second-order valence-corrected chi connectivity index (χ2v) is 13.5. The number of methoxy groups -OCH3 is 2. The maximum absolute atomic E-state index is 10.8. The Kier molecular flexibility index (Phi) is 44.1. The molecule has 3 radical (unpaired) electrons. The normalized spacial score (nSPS) is 12.9. The zero-order valence-electron chi connectivity index (χ0n) is 26.1. The summed E-state index contributed by atoms with van der Waals surface area (Å²) < 4.78 is 9.71. The van der Waals surface area contributed by atoms with E-state index >= 15 is 0 Å². The number of aliphatic carboxylic acids is 2. The van der Waals surface area contributed by atoms with Gasteiger partial charge in [0.2, 0.25) is 0 Å². The predicted molar refractivity (Wildman–Crippen MR) is 153 cm³/mol. The molecule has 0 aliphatic carbocycles. The van der Waals surface area contributed by atoms with Gasteiger partial charge < -0.3 is 24.5 Å². The van der Waals surface area contributed by atoms with Gasteiger partial charge in [0.25, 0.3) is 0 Å². The smallest absolute Gasteiger partial charge is 0.308 e. The third-order valence-electron chi connectivity index (χ3n) is 4.55. The van der Waals surface area contributed by atoms with Gasteiger partial charge >= 0.3 is 11.9 Å². The summed E-state index contributed by atoms with van der Waals surface area (Å²) in [5.74, 6) is -1.37. The van der Waals surface area contributed by atoms with Crippen molar-refractivity contribution >= 4 is 30.0 Å². The molecule has 0 amide bonds. The molecule has 227 valence electrons. The Hall–Kier alpha value is 2.19. The summed E-state index contributed by atoms with van der Waals surface area (Å²) in [7, 11) is 3.13. The van der Waals surface area contributed by atoms with Crippen LogP contribution in [0.2, 0.25) is 0 Å². The number of rotatable bonds is 12. The topological polar surface area (TPSA) is 110 Å². The molecule has 0 saturated carbocycles. The number of thioether (sulfide) groups is 1. The van der Waals surface area contributed by atoms with Crippen molar-refractivity contribution in [2.24, 2.45) is 34.0 Å². The van der Waals surface area contributed by atoms with Crippen LogP contribution in [0.3, 0.4) is 0 Å². The van der Waals surface area contributed by atoms with Gasteiger partial charge in [-0.05, 0) is 35.3 Å². The number of carboxylic acids is 2. The van der Waals surface area contributed by atoms with E-state index in [1.165, 1.54) is 7.11 Å². The molecule has 0 bridgehead atoms. The van der Waals surface area contributed by atoms with E-state index in [4.69, 9.17) is 19.7 Å². The van der Waals surface area contributed by atoms with Crippen LogP contribution in [0.5, 0.6) is 0 Å². The average molecular weight is 805 g/mol. The Morgan fingerprint density at radius 3 is 1.28 bits per heavy atom. The first-order valence-electron chi connectivity index (χ1n) is 12.0. The van der Waals surface area contributed by atoms with Gasteiger partial charge in [-0.1, -0.05) is 76.2 Å². The standard InChI is InChI=1S/C9H18O3.C9H18O2S.C9H17O2.CH4.3Y/c2*1-9(2,3)5-7(6-12-4)8(10)11;1-9(2,3)5-8(6-10)7-11-4;;;;/h2*7H,5-6H2,1-4H3,(H,10,11);8H,5,7H2,1-4H3;1H4;;;/q;;-1;;;;. The van der Waals surface area contributed by atoms with Crippen molar-refractivity contribution in [3.8, 4) is 0 Å². The Bertz CT molecular complexity index is 551. The van der Waals surface area contributed by atoms with Crippen molar-refractivity contribution in [2.45, 2.75) is 89.0 Å². The second-order valence-electron chi connectivity index (χ2n) is 12.5. The van der Waals surface area contributed by atoms with Gasteiger partial charge in [0, 0.05) is 125 Å². The minimum atomic E-state index is -0.772. The molecule has 3 unspecified atom stereocenters. The van der Waals surface area contributed by atoms with Crippen LogP contribution < -0.4 is 0 Å². The molecule has 11 heteroatoms. The Morgan fingerprint density at radius 1 is 0.718 bits per heavy atom. The summed E-state index contributed by atoms with van der Waals surface area (Å²) >= 11 is 1.60. The molecule has 7 nitrogen and oxygen atoms in total. The summed E-state index contributed by atoms with van der Waals surface area (Å²) in [6.07, 6.45) is 6.17. The van der Waals surface area contributed by atoms with E-state index in [-0.39, 0.29) is 140 Å². The van der Waals surface area contributed by atoms with E-state index in [9.17, 15) is 14.4 Å². The molecule has 0 aliphatic heterocycles. The minimum Gasteiger partial charge on any atom is -0.541 e. The molecule has 0 aromatic heterocycles. The van der Waals surface area contributed by atoms with Gasteiger partial charge in [-0.15, -0.1) is 5.92 Å². The van der Waals surface area contributed by atoms with Gasteiger partial charge in [0.15, 0.2) is 0 Å². The second kappa shape index (κ2) is 30.2. The zero-order chi connectivity index (χ0) is 28.5. The summed E-state index contributed by atoms with van der Waals surface area (Å²) in [6.45, 7) is 19.4. The summed E-state index contributed by atoms with van der Waals surface area (Å²) in [5, 5.41) is 17.6. The van der Waals surface area contributed by atoms with Crippen LogP contribution in [0.1, 0.15) is 89.0 Å². The quantitative estimate of drug-likeness (QED) is 0.211. The maximum Gasteiger partial charge on any atom is 0.308 e. The first-order chi connectivity index (χ1) is 15.7. The Balaban J connectivity index is -0.0000000750. The largest absolute Gasteiger partial charge is 0.541 e. The van der Waals surface area contributed by atoms with Crippen LogP contribution in [0, 0.1) is 34.0 Å². The van der Waals surface area contributed by atoms with Crippen LogP contribution >= 0.6 is 11.8 Å². The number of carboxylic acid groups (broad SMARTS) is 2. The van der Waals surface area contributed by atoms with Crippen LogP contribution in [-0.2, 0) is 122 Å². The fourth-order valence-electron chi connectivity index (χ4n) is 3.39. The molecule has 2 N–H and O–H groups in total. The molecule has 0 fully saturated rings. The number of ether oxygens (including phenoxy) is 2. The van der Waals surface area contributed by atoms with Gasteiger partial charge in [-0.3, -0.25) is 15.9 Å². The van der Waals surface area contributed by atoms with Gasteiger partial charge in [-0.2, -0.15) is 11.8 Å². The van der Waals surface area contributed by atoms with E-state index in [1.807, 2.05) is 33.3 Å². The van der Waals surface area contributed by atoms with E-state index < -0.39 is 11.9 Å². The summed E-state index contributed by atoms with van der Waals surface area (Å²) in [4.78, 5) is 31.8. The molecule has 3 atom stereocenters. The van der Waals surface area contributed by atoms with Crippen LogP contribution in [0.25, 0.3) is 0 Å². The van der Waals surface area contributed by atoms with Crippen molar-refractivity contribution in [3.05, 3.63) is 0 Å². The number of carbonyl (C=O) groups is 2. The fourth-order valence-corrected chi connectivity index (χ4v) is 4.05. The molecular formula is C28H57O7SY3-. The van der Waals surface area contributed by atoms with E-state index in [1.54, 1.807) is 18.9 Å². The maximum atomic E-state index is 10.8. The molecular weight excluding hydrogens is 747 g/mol. The molecule has 39 heavy (non-hydrogen) atoms. The Labute approximate surface area is 320 Å². The summed E-state index contributed by atoms with van der Waals surface area (Å²) in [6, 6.07) is 0. The molecule has 0 saturated heterocycles. The van der Waals surface area contributed by atoms with E-state index in [2.05, 4.69) is 41.5 Å². The number of hydrogen-bond acceptors (Lipinski definition) is 6. The van der Waals surface area contributed by atoms with Crippen molar-refractivity contribution in [1.29, 1.82) is 0 Å². The minimum absolute atomic E-state index is 0. The first kappa shape index (κ1) is 56.9. The Morgan fingerprint density at radius 2 is 1.05 bits per heavy atom. The van der Waals surface area contributed by atoms with Crippen LogP contribution in [0.4, 0.5) is 0 Å². The zero-order valence-corrected chi connectivity index (χ0v) is 35.4. The van der Waals surface area contributed by atoms with Gasteiger partial charge in [0.05, 0.1) is 18.4 Å². The molecule has 0 heterocycles. The molecule has 0 aliphatic rings. The fraction of sp³-hybridized carbons (Fsp3) is 0.893. The van der Waals surface area contributed by atoms with E-state index in [0.29, 0.717) is 25.4 Å². The predicted octanol–water partition coefficient (Wildman–Crippen LogP) is 6.68.